The van der Waals surface area contributed by atoms with Crippen molar-refractivity contribution in [1.29, 1.82) is 0 Å². The standard InChI is InChI=1S/C21H21N3OS/c1-2-26-19-10-4-3-9-17(19)21(25)23-16-8-5-7-15(13-16)18-14-22-20-11-6-12-24(18)20/h3-5,7-10,13-14H,2,6,11-12H2,1H3,(H,23,25). The van der Waals surface area contributed by atoms with Crippen LogP contribution in [0.3, 0.4) is 0 Å². The third-order valence-corrected chi connectivity index (χ3v) is 5.52. The number of rotatable bonds is 5. The van der Waals surface area contributed by atoms with Gasteiger partial charge in [0.15, 0.2) is 0 Å². The van der Waals surface area contributed by atoms with Crippen molar-refractivity contribution < 1.29 is 4.79 Å². The molecular weight excluding hydrogens is 342 g/mol. The quantitative estimate of drug-likeness (QED) is 0.659. The molecule has 1 aliphatic heterocycles. The van der Waals surface area contributed by atoms with Gasteiger partial charge in [-0.2, -0.15) is 0 Å². The first-order chi connectivity index (χ1) is 12.8. The zero-order chi connectivity index (χ0) is 17.9. The zero-order valence-corrected chi connectivity index (χ0v) is 15.6. The van der Waals surface area contributed by atoms with E-state index in [1.807, 2.05) is 48.7 Å². The van der Waals surface area contributed by atoms with Gasteiger partial charge in [-0.1, -0.05) is 31.2 Å². The molecule has 1 aromatic heterocycles. The summed E-state index contributed by atoms with van der Waals surface area (Å²) in [4.78, 5) is 18.3. The van der Waals surface area contributed by atoms with Crippen LogP contribution < -0.4 is 5.32 Å². The van der Waals surface area contributed by atoms with Crippen molar-refractivity contribution in [3.05, 3.63) is 66.1 Å². The number of hydrogen-bond donors (Lipinski definition) is 1. The fourth-order valence-corrected chi connectivity index (χ4v) is 4.18. The summed E-state index contributed by atoms with van der Waals surface area (Å²) in [5.41, 5.74) is 3.72. The molecule has 0 radical (unpaired) electrons. The van der Waals surface area contributed by atoms with E-state index < -0.39 is 0 Å². The molecular formula is C21H21N3OS. The topological polar surface area (TPSA) is 46.9 Å². The van der Waals surface area contributed by atoms with Crippen LogP contribution >= 0.6 is 11.8 Å². The SMILES string of the molecule is CCSc1ccccc1C(=O)Nc1cccc(-c2cnc3n2CCC3)c1. The molecule has 2 heterocycles. The Morgan fingerprint density at radius 1 is 1.23 bits per heavy atom. The average molecular weight is 363 g/mol. The molecule has 1 N–H and O–H groups in total. The van der Waals surface area contributed by atoms with Gasteiger partial charge in [0.2, 0.25) is 0 Å². The summed E-state index contributed by atoms with van der Waals surface area (Å²) >= 11 is 1.68. The van der Waals surface area contributed by atoms with Crippen LogP contribution in [0, 0.1) is 0 Å². The van der Waals surface area contributed by atoms with Crippen LogP contribution in [0.25, 0.3) is 11.3 Å². The van der Waals surface area contributed by atoms with E-state index in [1.165, 1.54) is 0 Å². The third-order valence-electron chi connectivity index (χ3n) is 4.57. The second-order valence-electron chi connectivity index (χ2n) is 6.28. The lowest BCUT2D eigenvalue weighted by Crippen LogP contribution is -2.13. The number of hydrogen-bond acceptors (Lipinski definition) is 3. The van der Waals surface area contributed by atoms with Gasteiger partial charge >= 0.3 is 0 Å². The normalized spacial score (nSPS) is 12.8. The summed E-state index contributed by atoms with van der Waals surface area (Å²) < 4.78 is 2.27. The Bertz CT molecular complexity index is 948. The fraction of sp³-hybridized carbons (Fsp3) is 0.238. The van der Waals surface area contributed by atoms with Gasteiger partial charge in [-0.05, 0) is 36.4 Å². The van der Waals surface area contributed by atoms with Crippen LogP contribution in [0.2, 0.25) is 0 Å². The van der Waals surface area contributed by atoms with E-state index in [4.69, 9.17) is 0 Å². The van der Waals surface area contributed by atoms with Gasteiger partial charge in [-0.25, -0.2) is 4.98 Å². The Morgan fingerprint density at radius 2 is 2.12 bits per heavy atom. The number of amides is 1. The second kappa shape index (κ2) is 7.38. The lowest BCUT2D eigenvalue weighted by molar-refractivity contribution is 0.102. The Hall–Kier alpha value is -2.53. The minimum Gasteiger partial charge on any atom is -0.328 e. The van der Waals surface area contributed by atoms with E-state index in [1.54, 1.807) is 11.8 Å². The smallest absolute Gasteiger partial charge is 0.256 e. The van der Waals surface area contributed by atoms with Gasteiger partial charge in [0.25, 0.3) is 5.91 Å². The first-order valence-electron chi connectivity index (χ1n) is 8.94. The number of aromatic nitrogens is 2. The molecule has 0 fully saturated rings. The monoisotopic (exact) mass is 363 g/mol. The van der Waals surface area contributed by atoms with Crippen molar-refractivity contribution in [3.63, 3.8) is 0 Å². The molecule has 0 saturated heterocycles. The van der Waals surface area contributed by atoms with Crippen molar-refractivity contribution >= 4 is 23.4 Å². The molecule has 0 aliphatic carbocycles. The number of imidazole rings is 1. The number of nitrogens with zero attached hydrogens (tertiary/aromatic N) is 2. The molecule has 1 aliphatic rings. The fourth-order valence-electron chi connectivity index (χ4n) is 3.38. The van der Waals surface area contributed by atoms with Crippen LogP contribution in [0.15, 0.2) is 59.6 Å². The van der Waals surface area contributed by atoms with Crippen molar-refractivity contribution in [2.45, 2.75) is 31.2 Å². The highest BCUT2D eigenvalue weighted by atomic mass is 32.2. The van der Waals surface area contributed by atoms with Gasteiger partial charge in [0, 0.05) is 29.1 Å². The molecule has 0 spiro atoms. The minimum absolute atomic E-state index is 0.0720. The van der Waals surface area contributed by atoms with E-state index in [9.17, 15) is 4.79 Å². The van der Waals surface area contributed by atoms with Gasteiger partial charge in [0.1, 0.15) is 5.82 Å². The van der Waals surface area contributed by atoms with E-state index in [2.05, 4.69) is 27.9 Å². The Kier molecular flexibility index (Phi) is 4.80. The molecule has 0 bridgehead atoms. The number of nitrogens with one attached hydrogen (secondary N) is 1. The van der Waals surface area contributed by atoms with Crippen LogP contribution in [-0.2, 0) is 13.0 Å². The summed E-state index contributed by atoms with van der Waals surface area (Å²) in [5.74, 6) is 2.02. The van der Waals surface area contributed by atoms with Crippen LogP contribution in [0.5, 0.6) is 0 Å². The van der Waals surface area contributed by atoms with Gasteiger partial charge in [-0.15, -0.1) is 11.8 Å². The molecule has 2 aromatic carbocycles. The van der Waals surface area contributed by atoms with Gasteiger partial charge in [-0.3, -0.25) is 4.79 Å². The van der Waals surface area contributed by atoms with Gasteiger partial charge in [0.05, 0.1) is 17.5 Å². The van der Waals surface area contributed by atoms with Crippen LogP contribution in [0.4, 0.5) is 5.69 Å². The molecule has 4 rings (SSSR count). The maximum Gasteiger partial charge on any atom is 0.256 e. The molecule has 26 heavy (non-hydrogen) atoms. The highest BCUT2D eigenvalue weighted by Gasteiger charge is 2.17. The van der Waals surface area contributed by atoms with E-state index >= 15 is 0 Å². The first kappa shape index (κ1) is 16.9. The minimum atomic E-state index is -0.0720. The Balaban J connectivity index is 1.59. The third kappa shape index (κ3) is 3.27. The molecule has 4 nitrogen and oxygen atoms in total. The number of benzene rings is 2. The van der Waals surface area contributed by atoms with Crippen molar-refractivity contribution in [3.8, 4) is 11.3 Å². The maximum absolute atomic E-state index is 12.8. The van der Waals surface area contributed by atoms with E-state index in [-0.39, 0.29) is 5.91 Å². The molecule has 0 atom stereocenters. The predicted molar refractivity (Wildman–Crippen MR) is 107 cm³/mol. The number of carbonyl (C=O) groups is 1. The predicted octanol–water partition coefficient (Wildman–Crippen LogP) is 4.86. The lowest BCUT2D eigenvalue weighted by Gasteiger charge is -2.11. The second-order valence-corrected chi connectivity index (χ2v) is 7.58. The Morgan fingerprint density at radius 3 is 3.00 bits per heavy atom. The Labute approximate surface area is 157 Å². The van der Waals surface area contributed by atoms with Crippen molar-refractivity contribution in [2.24, 2.45) is 0 Å². The molecule has 0 unspecified atom stereocenters. The molecule has 5 heteroatoms. The summed E-state index contributed by atoms with van der Waals surface area (Å²) in [6.07, 6.45) is 4.13. The molecule has 1 amide bonds. The molecule has 0 saturated carbocycles. The van der Waals surface area contributed by atoms with E-state index in [0.717, 1.165) is 58.4 Å². The van der Waals surface area contributed by atoms with Crippen molar-refractivity contribution in [2.75, 3.05) is 11.1 Å². The lowest BCUT2D eigenvalue weighted by atomic mass is 10.1. The number of anilines is 1. The van der Waals surface area contributed by atoms with E-state index in [0.29, 0.717) is 0 Å². The summed E-state index contributed by atoms with van der Waals surface area (Å²) in [7, 11) is 0. The van der Waals surface area contributed by atoms with Gasteiger partial charge < -0.3 is 9.88 Å². The van der Waals surface area contributed by atoms with Crippen LogP contribution in [-0.4, -0.2) is 21.2 Å². The summed E-state index contributed by atoms with van der Waals surface area (Å²) in [6, 6.07) is 15.7. The zero-order valence-electron chi connectivity index (χ0n) is 14.7. The first-order valence-corrected chi connectivity index (χ1v) is 9.93. The highest BCUT2D eigenvalue weighted by molar-refractivity contribution is 7.99. The van der Waals surface area contributed by atoms with Crippen molar-refractivity contribution in [1.82, 2.24) is 9.55 Å². The number of fused-ring (bicyclic) bond motifs is 1. The molecule has 132 valence electrons. The highest BCUT2D eigenvalue weighted by Crippen LogP contribution is 2.28. The van der Waals surface area contributed by atoms with Crippen LogP contribution in [0.1, 0.15) is 29.5 Å². The maximum atomic E-state index is 12.8. The number of aryl methyl sites for hydroxylation is 1. The summed E-state index contributed by atoms with van der Waals surface area (Å²) in [6.45, 7) is 3.11. The average Bonchev–Trinajstić information content (AvgIpc) is 3.26. The summed E-state index contributed by atoms with van der Waals surface area (Å²) in [5, 5.41) is 3.05. The number of thioether (sulfide) groups is 1. The molecule has 3 aromatic rings. The largest absolute Gasteiger partial charge is 0.328 e. The number of carbonyl (C=O) groups excluding carboxylic acids is 1.